The Kier molecular flexibility index (Phi) is 3.02. The lowest BCUT2D eigenvalue weighted by Gasteiger charge is -2.05. The summed E-state index contributed by atoms with van der Waals surface area (Å²) < 4.78 is 0. The zero-order valence-corrected chi connectivity index (χ0v) is 10.5. The van der Waals surface area contributed by atoms with Gasteiger partial charge in [-0.2, -0.15) is 0 Å². The molecule has 1 aromatic carbocycles. The summed E-state index contributed by atoms with van der Waals surface area (Å²) >= 11 is 0. The molecule has 5 nitrogen and oxygen atoms in total. The molecular formula is C14H13N5. The second-order valence-corrected chi connectivity index (χ2v) is 4.12. The quantitative estimate of drug-likeness (QED) is 0.775. The van der Waals surface area contributed by atoms with Crippen LogP contribution in [0.1, 0.15) is 12.7 Å². The minimum Gasteiger partial charge on any atom is -0.322 e. The number of nitrogens with zero attached hydrogens (tertiary/aromatic N) is 4. The van der Waals surface area contributed by atoms with Gasteiger partial charge in [0.25, 0.3) is 0 Å². The average Bonchev–Trinajstić information content (AvgIpc) is 2.48. The third-order valence-electron chi connectivity index (χ3n) is 2.77. The van der Waals surface area contributed by atoms with E-state index < -0.39 is 0 Å². The van der Waals surface area contributed by atoms with Gasteiger partial charge in [-0.3, -0.25) is 0 Å². The molecule has 2 heterocycles. The number of hydrogen-bond acceptors (Lipinski definition) is 5. The van der Waals surface area contributed by atoms with Crippen LogP contribution in [0, 0.1) is 0 Å². The smallest absolute Gasteiger partial charge is 0.227 e. The number of hydrogen-bond donors (Lipinski definition) is 1. The maximum atomic E-state index is 4.44. The lowest BCUT2D eigenvalue weighted by atomic mass is 10.2. The van der Waals surface area contributed by atoms with E-state index in [2.05, 4.69) is 25.3 Å². The molecule has 0 aliphatic rings. The zero-order valence-electron chi connectivity index (χ0n) is 10.5. The van der Waals surface area contributed by atoms with E-state index in [1.165, 1.54) is 0 Å². The highest BCUT2D eigenvalue weighted by atomic mass is 15.1. The summed E-state index contributed by atoms with van der Waals surface area (Å²) in [6, 6.07) is 7.87. The van der Waals surface area contributed by atoms with Gasteiger partial charge in [0.1, 0.15) is 5.82 Å². The Hall–Kier alpha value is -2.56. The second kappa shape index (κ2) is 4.97. The minimum atomic E-state index is 0.548. The van der Waals surface area contributed by atoms with E-state index in [-0.39, 0.29) is 0 Å². The van der Waals surface area contributed by atoms with Gasteiger partial charge in [0.15, 0.2) is 0 Å². The van der Waals surface area contributed by atoms with E-state index in [0.717, 1.165) is 28.8 Å². The van der Waals surface area contributed by atoms with Crippen molar-refractivity contribution < 1.29 is 0 Å². The molecule has 3 rings (SSSR count). The third kappa shape index (κ3) is 2.49. The molecule has 0 atom stereocenters. The molecule has 0 aliphatic heterocycles. The maximum absolute atomic E-state index is 4.44. The van der Waals surface area contributed by atoms with Crippen LogP contribution in [0.15, 0.2) is 42.9 Å². The predicted octanol–water partition coefficient (Wildman–Crippen LogP) is 2.73. The third-order valence-corrected chi connectivity index (χ3v) is 2.77. The standard InChI is InChI=1S/C14H13N5/c1-2-13-15-8-11(9-16-13)18-14-17-7-10-5-3-4-6-12(10)19-14/h3-9H,2H2,1H3,(H,17,18,19). The van der Waals surface area contributed by atoms with Gasteiger partial charge in [-0.25, -0.2) is 19.9 Å². The molecule has 5 heteroatoms. The van der Waals surface area contributed by atoms with Crippen LogP contribution in [0.2, 0.25) is 0 Å². The first kappa shape index (κ1) is 11.5. The van der Waals surface area contributed by atoms with Crippen molar-refractivity contribution in [3.63, 3.8) is 0 Å². The van der Waals surface area contributed by atoms with Gasteiger partial charge in [-0.1, -0.05) is 25.1 Å². The summed E-state index contributed by atoms with van der Waals surface area (Å²) in [7, 11) is 0. The molecule has 1 N–H and O–H groups in total. The normalized spacial score (nSPS) is 10.6. The van der Waals surface area contributed by atoms with Crippen LogP contribution < -0.4 is 5.32 Å². The first-order chi connectivity index (χ1) is 9.35. The zero-order chi connectivity index (χ0) is 13.1. The highest BCUT2D eigenvalue weighted by Crippen LogP contribution is 2.15. The average molecular weight is 251 g/mol. The fraction of sp³-hybridized carbons (Fsp3) is 0.143. The summed E-state index contributed by atoms with van der Waals surface area (Å²) in [5.74, 6) is 1.37. The van der Waals surface area contributed by atoms with Crippen molar-refractivity contribution in [2.75, 3.05) is 5.32 Å². The number of rotatable bonds is 3. The fourth-order valence-electron chi connectivity index (χ4n) is 1.76. The largest absolute Gasteiger partial charge is 0.322 e. The molecule has 3 aromatic rings. The summed E-state index contributed by atoms with van der Waals surface area (Å²) in [6.07, 6.45) is 6.10. The highest BCUT2D eigenvalue weighted by Gasteiger charge is 2.01. The Balaban J connectivity index is 1.87. The van der Waals surface area contributed by atoms with Gasteiger partial charge in [0.2, 0.25) is 5.95 Å². The number of benzene rings is 1. The highest BCUT2D eigenvalue weighted by molar-refractivity contribution is 5.78. The predicted molar refractivity (Wildman–Crippen MR) is 74.2 cm³/mol. The first-order valence-electron chi connectivity index (χ1n) is 6.15. The Morgan fingerprint density at radius 1 is 1.00 bits per heavy atom. The van der Waals surface area contributed by atoms with Gasteiger partial charge >= 0.3 is 0 Å². The molecule has 0 amide bonds. The molecule has 0 saturated carbocycles. The van der Waals surface area contributed by atoms with E-state index in [1.54, 1.807) is 18.6 Å². The van der Waals surface area contributed by atoms with Crippen LogP contribution in [-0.2, 0) is 6.42 Å². The van der Waals surface area contributed by atoms with Gasteiger partial charge in [-0.15, -0.1) is 0 Å². The summed E-state index contributed by atoms with van der Waals surface area (Å²) in [6.45, 7) is 2.02. The monoisotopic (exact) mass is 251 g/mol. The van der Waals surface area contributed by atoms with E-state index in [4.69, 9.17) is 0 Å². The summed E-state index contributed by atoms with van der Waals surface area (Å²) in [5, 5.41) is 4.12. The fourth-order valence-corrected chi connectivity index (χ4v) is 1.76. The SMILES string of the molecule is CCc1ncc(Nc2ncc3ccccc3n2)cn1. The van der Waals surface area contributed by atoms with E-state index in [9.17, 15) is 0 Å². The van der Waals surface area contributed by atoms with Crippen LogP contribution in [-0.4, -0.2) is 19.9 Å². The van der Waals surface area contributed by atoms with Crippen molar-refractivity contribution in [1.82, 2.24) is 19.9 Å². The van der Waals surface area contributed by atoms with E-state index >= 15 is 0 Å². The van der Waals surface area contributed by atoms with Crippen LogP contribution >= 0.6 is 0 Å². The van der Waals surface area contributed by atoms with E-state index in [1.807, 2.05) is 31.2 Å². The van der Waals surface area contributed by atoms with E-state index in [0.29, 0.717) is 5.95 Å². The molecular weight excluding hydrogens is 238 g/mol. The topological polar surface area (TPSA) is 63.6 Å². The van der Waals surface area contributed by atoms with Gasteiger partial charge in [-0.05, 0) is 6.07 Å². The molecule has 0 unspecified atom stereocenters. The minimum absolute atomic E-state index is 0.548. The molecule has 94 valence electrons. The molecule has 0 fully saturated rings. The summed E-state index contributed by atoms with van der Waals surface area (Å²) in [4.78, 5) is 17.2. The first-order valence-corrected chi connectivity index (χ1v) is 6.15. The van der Waals surface area contributed by atoms with Crippen molar-refractivity contribution in [1.29, 1.82) is 0 Å². The molecule has 0 aliphatic carbocycles. The van der Waals surface area contributed by atoms with Crippen LogP contribution in [0.4, 0.5) is 11.6 Å². The lowest BCUT2D eigenvalue weighted by molar-refractivity contribution is 0.940. The Morgan fingerprint density at radius 2 is 1.79 bits per heavy atom. The Bertz CT molecular complexity index is 694. The van der Waals surface area contributed by atoms with Crippen molar-refractivity contribution >= 4 is 22.5 Å². The maximum Gasteiger partial charge on any atom is 0.227 e. The molecule has 2 aromatic heterocycles. The second-order valence-electron chi connectivity index (χ2n) is 4.12. The van der Waals surface area contributed by atoms with Crippen molar-refractivity contribution in [2.45, 2.75) is 13.3 Å². The Morgan fingerprint density at radius 3 is 2.58 bits per heavy atom. The molecule has 0 bridgehead atoms. The lowest BCUT2D eigenvalue weighted by Crippen LogP contribution is -1.99. The van der Waals surface area contributed by atoms with Crippen molar-refractivity contribution in [2.24, 2.45) is 0 Å². The van der Waals surface area contributed by atoms with Crippen LogP contribution in [0.25, 0.3) is 10.9 Å². The number of anilines is 2. The van der Waals surface area contributed by atoms with Gasteiger partial charge in [0, 0.05) is 18.0 Å². The number of aryl methyl sites for hydroxylation is 1. The number of nitrogens with one attached hydrogen (secondary N) is 1. The Labute approximate surface area is 110 Å². The summed E-state index contributed by atoms with van der Waals surface area (Å²) in [5.41, 5.74) is 1.69. The number of para-hydroxylation sites is 1. The van der Waals surface area contributed by atoms with Crippen LogP contribution in [0.3, 0.4) is 0 Å². The molecule has 19 heavy (non-hydrogen) atoms. The van der Waals surface area contributed by atoms with Gasteiger partial charge < -0.3 is 5.32 Å². The number of aromatic nitrogens is 4. The van der Waals surface area contributed by atoms with Crippen molar-refractivity contribution in [3.8, 4) is 0 Å². The van der Waals surface area contributed by atoms with Crippen molar-refractivity contribution in [3.05, 3.63) is 48.7 Å². The molecule has 0 spiro atoms. The van der Waals surface area contributed by atoms with Gasteiger partial charge in [0.05, 0.1) is 23.6 Å². The van der Waals surface area contributed by atoms with Crippen LogP contribution in [0.5, 0.6) is 0 Å². The molecule has 0 radical (unpaired) electrons. The molecule has 0 saturated heterocycles. The number of fused-ring (bicyclic) bond motifs is 1.